The molecule has 2 rings (SSSR count). The first-order valence-electron chi connectivity index (χ1n) is 5.67. The summed E-state index contributed by atoms with van der Waals surface area (Å²) >= 11 is 0. The molecule has 98 valence electrons. The Morgan fingerprint density at radius 2 is 2.00 bits per heavy atom. The van der Waals surface area contributed by atoms with Crippen LogP contribution >= 0.6 is 0 Å². The molecule has 0 radical (unpaired) electrons. The molecule has 0 atom stereocenters. The highest BCUT2D eigenvalue weighted by Crippen LogP contribution is 2.45. The van der Waals surface area contributed by atoms with Crippen LogP contribution in [0.15, 0.2) is 23.1 Å². The van der Waals surface area contributed by atoms with E-state index in [1.807, 2.05) is 6.92 Å². The van der Waals surface area contributed by atoms with E-state index in [9.17, 15) is 13.2 Å². The quantitative estimate of drug-likeness (QED) is 0.867. The van der Waals surface area contributed by atoms with E-state index in [2.05, 4.69) is 5.32 Å². The second kappa shape index (κ2) is 4.07. The molecule has 0 aliphatic heterocycles. The van der Waals surface area contributed by atoms with Gasteiger partial charge in [0.25, 0.3) is 0 Å². The zero-order chi connectivity index (χ0) is 13.6. The molecule has 3 N–H and O–H groups in total. The molecule has 1 fully saturated rings. The zero-order valence-corrected chi connectivity index (χ0v) is 11.2. The molecule has 0 saturated heterocycles. The number of amides is 1. The minimum absolute atomic E-state index is 0.0229. The summed E-state index contributed by atoms with van der Waals surface area (Å²) in [6.45, 7) is 3.56. The number of primary sulfonamides is 1. The summed E-state index contributed by atoms with van der Waals surface area (Å²) in [5, 5.41) is 7.86. The highest BCUT2D eigenvalue weighted by molar-refractivity contribution is 7.89. The van der Waals surface area contributed by atoms with Gasteiger partial charge in [-0.15, -0.1) is 0 Å². The fourth-order valence-electron chi connectivity index (χ4n) is 1.74. The third kappa shape index (κ3) is 2.54. The molecule has 1 saturated carbocycles. The van der Waals surface area contributed by atoms with Gasteiger partial charge in [-0.1, -0.05) is 6.92 Å². The van der Waals surface area contributed by atoms with E-state index in [4.69, 9.17) is 5.14 Å². The van der Waals surface area contributed by atoms with Crippen LogP contribution < -0.4 is 10.5 Å². The Kier molecular flexibility index (Phi) is 2.95. The SMILES string of the molecule is Cc1cc(NC(=O)C2(C)CC2)ccc1S(N)(=O)=O. The summed E-state index contributed by atoms with van der Waals surface area (Å²) in [7, 11) is -3.71. The lowest BCUT2D eigenvalue weighted by atomic mass is 10.1. The van der Waals surface area contributed by atoms with Crippen molar-refractivity contribution in [2.45, 2.75) is 31.6 Å². The van der Waals surface area contributed by atoms with Crippen molar-refractivity contribution in [3.05, 3.63) is 23.8 Å². The number of rotatable bonds is 3. The van der Waals surface area contributed by atoms with Gasteiger partial charge in [-0.05, 0) is 43.5 Å². The van der Waals surface area contributed by atoms with Crippen molar-refractivity contribution in [3.8, 4) is 0 Å². The van der Waals surface area contributed by atoms with Crippen molar-refractivity contribution in [3.63, 3.8) is 0 Å². The largest absolute Gasteiger partial charge is 0.326 e. The summed E-state index contributed by atoms with van der Waals surface area (Å²) in [6.07, 6.45) is 1.79. The minimum atomic E-state index is -3.71. The van der Waals surface area contributed by atoms with Crippen LogP contribution in [-0.2, 0) is 14.8 Å². The van der Waals surface area contributed by atoms with Crippen molar-refractivity contribution in [1.29, 1.82) is 0 Å². The highest BCUT2D eigenvalue weighted by atomic mass is 32.2. The summed E-state index contributed by atoms with van der Waals surface area (Å²) in [5.74, 6) is -0.0229. The summed E-state index contributed by atoms with van der Waals surface area (Å²) in [4.78, 5) is 11.9. The second-order valence-electron chi connectivity index (χ2n) is 5.04. The Hall–Kier alpha value is -1.40. The van der Waals surface area contributed by atoms with E-state index >= 15 is 0 Å². The third-order valence-electron chi connectivity index (χ3n) is 3.29. The van der Waals surface area contributed by atoms with E-state index in [0.717, 1.165) is 12.8 Å². The molecule has 18 heavy (non-hydrogen) atoms. The molecular formula is C12H16N2O3S. The maximum atomic E-state index is 11.8. The Morgan fingerprint density at radius 1 is 1.39 bits per heavy atom. The van der Waals surface area contributed by atoms with Crippen molar-refractivity contribution in [2.75, 3.05) is 5.32 Å². The van der Waals surface area contributed by atoms with Gasteiger partial charge in [-0.3, -0.25) is 4.79 Å². The first-order chi connectivity index (χ1) is 8.22. The van der Waals surface area contributed by atoms with Gasteiger partial charge in [0, 0.05) is 11.1 Å². The van der Waals surface area contributed by atoms with Crippen LogP contribution in [0.4, 0.5) is 5.69 Å². The van der Waals surface area contributed by atoms with E-state index in [-0.39, 0.29) is 16.2 Å². The number of carbonyl (C=O) groups is 1. The van der Waals surface area contributed by atoms with Gasteiger partial charge in [-0.25, -0.2) is 13.6 Å². The summed E-state index contributed by atoms with van der Waals surface area (Å²) < 4.78 is 22.5. The molecule has 0 aromatic heterocycles. The average molecular weight is 268 g/mol. The molecule has 1 aliphatic rings. The predicted molar refractivity (Wildman–Crippen MR) is 68.5 cm³/mol. The second-order valence-corrected chi connectivity index (χ2v) is 6.57. The molecule has 0 heterocycles. The number of hydrogen-bond donors (Lipinski definition) is 2. The van der Waals surface area contributed by atoms with Crippen LogP contribution in [0.2, 0.25) is 0 Å². The van der Waals surface area contributed by atoms with Gasteiger partial charge in [0.15, 0.2) is 0 Å². The number of nitrogens with two attached hydrogens (primary N) is 1. The van der Waals surface area contributed by atoms with Crippen LogP contribution in [0.25, 0.3) is 0 Å². The first kappa shape index (κ1) is 13.0. The van der Waals surface area contributed by atoms with Gasteiger partial charge in [0.1, 0.15) is 0 Å². The first-order valence-corrected chi connectivity index (χ1v) is 7.22. The van der Waals surface area contributed by atoms with Gasteiger partial charge in [0.05, 0.1) is 4.90 Å². The van der Waals surface area contributed by atoms with Crippen LogP contribution in [-0.4, -0.2) is 14.3 Å². The average Bonchev–Trinajstić information content (AvgIpc) is 2.96. The molecule has 6 heteroatoms. The lowest BCUT2D eigenvalue weighted by molar-refractivity contribution is -0.120. The van der Waals surface area contributed by atoms with Crippen molar-refractivity contribution in [2.24, 2.45) is 10.6 Å². The smallest absolute Gasteiger partial charge is 0.238 e. The van der Waals surface area contributed by atoms with Gasteiger partial charge >= 0.3 is 0 Å². The standard InChI is InChI=1S/C12H16N2O3S/c1-8-7-9(3-4-10(8)18(13,16)17)14-11(15)12(2)5-6-12/h3-4,7H,5-6H2,1-2H3,(H,14,15)(H2,13,16,17). The number of anilines is 1. The highest BCUT2D eigenvalue weighted by Gasteiger charge is 2.44. The minimum Gasteiger partial charge on any atom is -0.326 e. The Labute approximate surface area is 106 Å². The van der Waals surface area contributed by atoms with Gasteiger partial charge in [-0.2, -0.15) is 0 Å². The molecule has 5 nitrogen and oxygen atoms in total. The molecule has 1 amide bonds. The maximum absolute atomic E-state index is 11.8. The van der Waals surface area contributed by atoms with Crippen molar-refractivity contribution in [1.82, 2.24) is 0 Å². The monoisotopic (exact) mass is 268 g/mol. The fourth-order valence-corrected chi connectivity index (χ4v) is 2.51. The van der Waals surface area contributed by atoms with Crippen LogP contribution in [0.1, 0.15) is 25.3 Å². The predicted octanol–water partition coefficient (Wildman–Crippen LogP) is 1.38. The fraction of sp³-hybridized carbons (Fsp3) is 0.417. The zero-order valence-electron chi connectivity index (χ0n) is 10.4. The summed E-state index contributed by atoms with van der Waals surface area (Å²) in [5.41, 5.74) is 0.862. The number of hydrogen-bond acceptors (Lipinski definition) is 3. The lowest BCUT2D eigenvalue weighted by Crippen LogP contribution is -2.21. The topological polar surface area (TPSA) is 89.3 Å². The van der Waals surface area contributed by atoms with Gasteiger partial charge < -0.3 is 5.32 Å². The Morgan fingerprint density at radius 3 is 2.44 bits per heavy atom. The van der Waals surface area contributed by atoms with Crippen molar-refractivity contribution < 1.29 is 13.2 Å². The number of benzene rings is 1. The number of carbonyl (C=O) groups excluding carboxylic acids is 1. The van der Waals surface area contributed by atoms with E-state index in [1.165, 1.54) is 6.07 Å². The molecule has 1 aliphatic carbocycles. The third-order valence-corrected chi connectivity index (χ3v) is 4.36. The van der Waals surface area contributed by atoms with Gasteiger partial charge in [0.2, 0.25) is 15.9 Å². The molecule has 0 spiro atoms. The van der Waals surface area contributed by atoms with E-state index in [0.29, 0.717) is 11.3 Å². The molecular weight excluding hydrogens is 252 g/mol. The van der Waals surface area contributed by atoms with Crippen LogP contribution in [0.5, 0.6) is 0 Å². The van der Waals surface area contributed by atoms with E-state index in [1.54, 1.807) is 19.1 Å². The Balaban J connectivity index is 2.22. The van der Waals surface area contributed by atoms with E-state index < -0.39 is 10.0 Å². The molecule has 1 aromatic carbocycles. The van der Waals surface area contributed by atoms with Crippen LogP contribution in [0, 0.1) is 12.3 Å². The maximum Gasteiger partial charge on any atom is 0.238 e. The normalized spacial score (nSPS) is 17.3. The molecule has 0 bridgehead atoms. The molecule has 0 unspecified atom stereocenters. The Bertz CT molecular complexity index is 604. The molecule has 1 aromatic rings. The number of nitrogens with one attached hydrogen (secondary N) is 1. The number of sulfonamides is 1. The van der Waals surface area contributed by atoms with Crippen molar-refractivity contribution >= 4 is 21.6 Å². The summed E-state index contributed by atoms with van der Waals surface area (Å²) in [6, 6.07) is 4.58. The lowest BCUT2D eigenvalue weighted by Gasteiger charge is -2.11. The van der Waals surface area contributed by atoms with Crippen LogP contribution in [0.3, 0.4) is 0 Å². The number of aryl methyl sites for hydroxylation is 1.